The monoisotopic (exact) mass is 247 g/mol. The number of nitrogens with zero attached hydrogens (tertiary/aromatic N) is 1. The Morgan fingerprint density at radius 2 is 1.83 bits per heavy atom. The van der Waals surface area contributed by atoms with Crippen LogP contribution in [0, 0.1) is 5.92 Å². The third-order valence-corrected chi connectivity index (χ3v) is 3.99. The van der Waals surface area contributed by atoms with Crippen molar-refractivity contribution in [2.75, 3.05) is 20.1 Å². The molecule has 1 saturated heterocycles. The predicted molar refractivity (Wildman–Crippen MR) is 75.7 cm³/mol. The zero-order valence-corrected chi connectivity index (χ0v) is 12.0. The molecule has 0 radical (unpaired) electrons. The van der Waals surface area contributed by atoms with Gasteiger partial charge < -0.3 is 10.0 Å². The summed E-state index contributed by atoms with van der Waals surface area (Å²) < 4.78 is 0. The normalized spacial score (nSPS) is 23.3. The fraction of sp³-hybridized carbons (Fsp3) is 0.625. The quantitative estimate of drug-likeness (QED) is 0.868. The first-order valence-corrected chi connectivity index (χ1v) is 6.85. The van der Waals surface area contributed by atoms with E-state index >= 15 is 0 Å². The Morgan fingerprint density at radius 1 is 1.22 bits per heavy atom. The van der Waals surface area contributed by atoms with E-state index in [0.29, 0.717) is 5.92 Å². The molecule has 1 heterocycles. The van der Waals surface area contributed by atoms with Crippen LogP contribution >= 0.6 is 0 Å². The Bertz CT molecular complexity index is 391. The molecule has 1 aromatic rings. The van der Waals surface area contributed by atoms with Crippen LogP contribution < -0.4 is 0 Å². The molecule has 2 rings (SSSR count). The highest BCUT2D eigenvalue weighted by atomic mass is 16.3. The molecule has 0 aliphatic carbocycles. The maximum Gasteiger partial charge on any atom is 0.0830 e. The van der Waals surface area contributed by atoms with Crippen LogP contribution in [-0.4, -0.2) is 30.1 Å². The second-order valence-corrected chi connectivity index (χ2v) is 6.63. The molecule has 0 spiro atoms. The highest BCUT2D eigenvalue weighted by Gasteiger charge is 2.27. The molecule has 0 bridgehead atoms. The molecule has 0 saturated carbocycles. The third kappa shape index (κ3) is 2.93. The Labute approximate surface area is 111 Å². The van der Waals surface area contributed by atoms with Crippen LogP contribution in [0.5, 0.6) is 0 Å². The fourth-order valence-electron chi connectivity index (χ4n) is 2.68. The van der Waals surface area contributed by atoms with Crippen LogP contribution in [0.2, 0.25) is 0 Å². The standard InChI is InChI=1S/C16H25NO/c1-16(2,3)14-7-5-12(6-8-14)15(18)13-9-10-17(4)11-13/h5-8,13,15,18H,9-11H2,1-4H3. The number of benzene rings is 1. The summed E-state index contributed by atoms with van der Waals surface area (Å²) in [5.41, 5.74) is 2.56. The summed E-state index contributed by atoms with van der Waals surface area (Å²) in [6.07, 6.45) is 0.780. The number of hydrogen-bond acceptors (Lipinski definition) is 2. The van der Waals surface area contributed by atoms with Crippen LogP contribution in [0.3, 0.4) is 0 Å². The minimum atomic E-state index is -0.316. The molecule has 0 aromatic heterocycles. The Kier molecular flexibility index (Phi) is 3.79. The van der Waals surface area contributed by atoms with Gasteiger partial charge in [-0.25, -0.2) is 0 Å². The van der Waals surface area contributed by atoms with Crippen LogP contribution in [0.1, 0.15) is 44.4 Å². The Hall–Kier alpha value is -0.860. The highest BCUT2D eigenvalue weighted by molar-refractivity contribution is 5.29. The first kappa shape index (κ1) is 13.6. The third-order valence-electron chi connectivity index (χ3n) is 3.99. The van der Waals surface area contributed by atoms with Crippen LogP contribution in [0.25, 0.3) is 0 Å². The van der Waals surface area contributed by atoms with Gasteiger partial charge in [-0.05, 0) is 36.6 Å². The van der Waals surface area contributed by atoms with Crippen molar-refractivity contribution in [1.82, 2.24) is 4.90 Å². The van der Waals surface area contributed by atoms with E-state index in [1.165, 1.54) is 5.56 Å². The predicted octanol–water partition coefficient (Wildman–Crippen LogP) is 2.97. The highest BCUT2D eigenvalue weighted by Crippen LogP contribution is 2.30. The van der Waals surface area contributed by atoms with E-state index in [-0.39, 0.29) is 11.5 Å². The van der Waals surface area contributed by atoms with E-state index < -0.39 is 0 Å². The van der Waals surface area contributed by atoms with E-state index in [9.17, 15) is 5.11 Å². The lowest BCUT2D eigenvalue weighted by Gasteiger charge is -2.22. The fourth-order valence-corrected chi connectivity index (χ4v) is 2.68. The van der Waals surface area contributed by atoms with Crippen molar-refractivity contribution < 1.29 is 5.11 Å². The van der Waals surface area contributed by atoms with Crippen molar-refractivity contribution in [2.45, 2.75) is 38.7 Å². The minimum Gasteiger partial charge on any atom is -0.388 e. The molecule has 100 valence electrons. The second-order valence-electron chi connectivity index (χ2n) is 6.63. The van der Waals surface area contributed by atoms with E-state index in [1.807, 2.05) is 0 Å². The van der Waals surface area contributed by atoms with Gasteiger partial charge >= 0.3 is 0 Å². The lowest BCUT2D eigenvalue weighted by molar-refractivity contribution is 0.113. The van der Waals surface area contributed by atoms with E-state index in [4.69, 9.17) is 0 Å². The van der Waals surface area contributed by atoms with E-state index in [1.54, 1.807) is 0 Å². The number of hydrogen-bond donors (Lipinski definition) is 1. The summed E-state index contributed by atoms with van der Waals surface area (Å²) in [5.74, 6) is 0.385. The molecular formula is C16H25NO. The van der Waals surface area contributed by atoms with E-state index in [0.717, 1.165) is 25.1 Å². The first-order valence-electron chi connectivity index (χ1n) is 6.85. The summed E-state index contributed by atoms with van der Waals surface area (Å²) in [4.78, 5) is 2.29. The number of aliphatic hydroxyl groups is 1. The van der Waals surface area contributed by atoms with Crippen molar-refractivity contribution >= 4 is 0 Å². The second kappa shape index (κ2) is 5.02. The Balaban J connectivity index is 2.10. The maximum atomic E-state index is 10.4. The lowest BCUT2D eigenvalue weighted by atomic mass is 9.85. The molecule has 1 N–H and O–H groups in total. The topological polar surface area (TPSA) is 23.5 Å². The zero-order chi connectivity index (χ0) is 13.3. The van der Waals surface area contributed by atoms with Gasteiger partial charge in [-0.3, -0.25) is 0 Å². The first-order chi connectivity index (χ1) is 8.38. The SMILES string of the molecule is CN1CCC(C(O)c2ccc(C(C)(C)C)cc2)C1. The molecule has 2 atom stereocenters. The molecule has 2 heteroatoms. The summed E-state index contributed by atoms with van der Waals surface area (Å²) >= 11 is 0. The van der Waals surface area contributed by atoms with E-state index in [2.05, 4.69) is 57.0 Å². The smallest absolute Gasteiger partial charge is 0.0830 e. The van der Waals surface area contributed by atoms with Crippen LogP contribution in [0.15, 0.2) is 24.3 Å². The summed E-state index contributed by atoms with van der Waals surface area (Å²) in [6.45, 7) is 8.74. The van der Waals surface area contributed by atoms with Gasteiger partial charge in [0.25, 0.3) is 0 Å². The van der Waals surface area contributed by atoms with Gasteiger partial charge in [0.15, 0.2) is 0 Å². The number of aliphatic hydroxyl groups excluding tert-OH is 1. The van der Waals surface area contributed by atoms with Crippen molar-refractivity contribution in [3.8, 4) is 0 Å². The molecule has 1 fully saturated rings. The molecular weight excluding hydrogens is 222 g/mol. The Morgan fingerprint density at radius 3 is 2.28 bits per heavy atom. The van der Waals surface area contributed by atoms with Crippen molar-refractivity contribution in [1.29, 1.82) is 0 Å². The largest absolute Gasteiger partial charge is 0.388 e. The summed E-state index contributed by atoms with van der Waals surface area (Å²) in [6, 6.07) is 8.47. The molecule has 1 aliphatic heterocycles. The maximum absolute atomic E-state index is 10.4. The van der Waals surface area contributed by atoms with Gasteiger partial charge in [-0.1, -0.05) is 45.0 Å². The average molecular weight is 247 g/mol. The average Bonchev–Trinajstić information content (AvgIpc) is 2.74. The van der Waals surface area contributed by atoms with Gasteiger partial charge in [0, 0.05) is 12.5 Å². The van der Waals surface area contributed by atoms with Crippen molar-refractivity contribution in [3.63, 3.8) is 0 Å². The molecule has 2 unspecified atom stereocenters. The van der Waals surface area contributed by atoms with Crippen molar-refractivity contribution in [2.24, 2.45) is 5.92 Å². The van der Waals surface area contributed by atoms with Gasteiger partial charge in [0.2, 0.25) is 0 Å². The molecule has 0 amide bonds. The lowest BCUT2D eigenvalue weighted by Crippen LogP contribution is -2.18. The van der Waals surface area contributed by atoms with Gasteiger partial charge in [0.1, 0.15) is 0 Å². The van der Waals surface area contributed by atoms with Gasteiger partial charge in [0.05, 0.1) is 6.10 Å². The van der Waals surface area contributed by atoms with Gasteiger partial charge in [-0.2, -0.15) is 0 Å². The van der Waals surface area contributed by atoms with Crippen LogP contribution in [-0.2, 0) is 5.41 Å². The number of rotatable bonds is 2. The molecule has 1 aliphatic rings. The minimum absolute atomic E-state index is 0.178. The zero-order valence-electron chi connectivity index (χ0n) is 12.0. The van der Waals surface area contributed by atoms with Gasteiger partial charge in [-0.15, -0.1) is 0 Å². The van der Waals surface area contributed by atoms with Crippen molar-refractivity contribution in [3.05, 3.63) is 35.4 Å². The molecule has 18 heavy (non-hydrogen) atoms. The molecule has 2 nitrogen and oxygen atoms in total. The summed E-state index contributed by atoms with van der Waals surface area (Å²) in [7, 11) is 2.12. The summed E-state index contributed by atoms with van der Waals surface area (Å²) in [5, 5.41) is 10.4. The molecule has 1 aromatic carbocycles. The number of likely N-dealkylation sites (tertiary alicyclic amines) is 1. The van der Waals surface area contributed by atoms with Crippen LogP contribution in [0.4, 0.5) is 0 Å².